The molecule has 0 aliphatic heterocycles. The van der Waals surface area contributed by atoms with Crippen molar-refractivity contribution in [2.24, 2.45) is 11.3 Å². The molecule has 0 spiro atoms. The molecule has 0 saturated carbocycles. The quantitative estimate of drug-likeness (QED) is 0.614. The van der Waals surface area contributed by atoms with Crippen molar-refractivity contribution in [2.45, 2.75) is 33.2 Å². The lowest BCUT2D eigenvalue weighted by molar-refractivity contribution is -0.139. The second-order valence-electron chi connectivity index (χ2n) is 7.02. The molecular weight excluding hydrogens is 318 g/mol. The number of carbonyl (C=O) groups excluding carboxylic acids is 2. The Hall–Kier alpha value is -2.69. The number of carbonyl (C=O) groups is 3. The van der Waals surface area contributed by atoms with E-state index in [0.29, 0.717) is 5.70 Å². The second kappa shape index (κ2) is 7.47. The van der Waals surface area contributed by atoms with Gasteiger partial charge in [0.2, 0.25) is 0 Å². The number of allylic oxidation sites excluding steroid dienone is 3. The van der Waals surface area contributed by atoms with Crippen molar-refractivity contribution < 1.29 is 19.5 Å². The molecule has 0 aromatic heterocycles. The largest absolute Gasteiger partial charge is 0.480 e. The Morgan fingerprint density at radius 1 is 1.28 bits per heavy atom. The van der Waals surface area contributed by atoms with Crippen LogP contribution in [-0.4, -0.2) is 28.7 Å². The third-order valence-corrected chi connectivity index (χ3v) is 4.09. The highest BCUT2D eigenvalue weighted by molar-refractivity contribution is 6.12. The van der Waals surface area contributed by atoms with Crippen LogP contribution in [-0.2, 0) is 14.4 Å². The maximum atomic E-state index is 12.6. The number of aliphatic carboxylic acids is 1. The third kappa shape index (κ3) is 4.89. The van der Waals surface area contributed by atoms with Gasteiger partial charge in [-0.05, 0) is 24.0 Å². The van der Waals surface area contributed by atoms with Gasteiger partial charge in [-0.15, -0.1) is 0 Å². The van der Waals surface area contributed by atoms with Gasteiger partial charge in [-0.3, -0.25) is 14.4 Å². The molecule has 0 amide bonds. The Bertz CT molecular complexity index is 731. The number of nitrogens with one attached hydrogen (secondary N) is 1. The molecule has 132 valence electrons. The van der Waals surface area contributed by atoms with E-state index in [9.17, 15) is 14.4 Å². The van der Waals surface area contributed by atoms with Gasteiger partial charge in [0.25, 0.3) is 0 Å². The zero-order valence-electron chi connectivity index (χ0n) is 14.7. The first kappa shape index (κ1) is 18.6. The van der Waals surface area contributed by atoms with E-state index in [-0.39, 0.29) is 18.0 Å². The van der Waals surface area contributed by atoms with E-state index >= 15 is 0 Å². The van der Waals surface area contributed by atoms with Crippen molar-refractivity contribution in [3.63, 3.8) is 0 Å². The Kier molecular flexibility index (Phi) is 5.57. The van der Waals surface area contributed by atoms with Crippen LogP contribution in [0.15, 0.2) is 48.2 Å². The summed E-state index contributed by atoms with van der Waals surface area (Å²) in [5, 5.41) is 11.9. The Labute approximate surface area is 147 Å². The van der Waals surface area contributed by atoms with Gasteiger partial charge in [0.1, 0.15) is 17.7 Å². The highest BCUT2D eigenvalue weighted by Gasteiger charge is 2.38. The molecule has 2 unspecified atom stereocenters. The van der Waals surface area contributed by atoms with E-state index in [1.165, 1.54) is 13.0 Å². The smallest absolute Gasteiger partial charge is 0.325 e. The van der Waals surface area contributed by atoms with E-state index in [2.05, 4.69) is 5.32 Å². The van der Waals surface area contributed by atoms with Crippen LogP contribution in [0.25, 0.3) is 6.08 Å². The molecule has 0 fully saturated rings. The number of carboxylic acid groups (broad SMARTS) is 1. The van der Waals surface area contributed by atoms with Gasteiger partial charge in [0.15, 0.2) is 5.78 Å². The fourth-order valence-electron chi connectivity index (χ4n) is 2.87. The summed E-state index contributed by atoms with van der Waals surface area (Å²) in [4.78, 5) is 36.3. The van der Waals surface area contributed by atoms with Crippen LogP contribution in [0.1, 0.15) is 32.8 Å². The first-order valence-electron chi connectivity index (χ1n) is 8.21. The van der Waals surface area contributed by atoms with E-state index in [0.717, 1.165) is 5.56 Å². The zero-order valence-corrected chi connectivity index (χ0v) is 14.7. The molecule has 0 heterocycles. The number of hydrogen-bond acceptors (Lipinski definition) is 4. The van der Waals surface area contributed by atoms with E-state index in [4.69, 9.17) is 5.11 Å². The standard InChI is InChI=1S/C20H23NO4/c1-13(19(24)25)21-15-11-20(2,3)12-17(23)18(15)16(22)10-9-14-7-5-4-6-8-14/h4-11,13,18,21H,12H2,1-3H3,(H,24,25). The summed E-state index contributed by atoms with van der Waals surface area (Å²) in [6.45, 7) is 5.26. The van der Waals surface area contributed by atoms with Crippen molar-refractivity contribution in [2.75, 3.05) is 0 Å². The predicted octanol–water partition coefficient (Wildman–Crippen LogP) is 2.83. The topological polar surface area (TPSA) is 83.5 Å². The average molecular weight is 341 g/mol. The maximum absolute atomic E-state index is 12.6. The molecule has 2 rings (SSSR count). The molecular formula is C20H23NO4. The van der Waals surface area contributed by atoms with Gasteiger partial charge in [-0.1, -0.05) is 56.3 Å². The number of carboxylic acids is 1. The first-order chi connectivity index (χ1) is 11.7. The third-order valence-electron chi connectivity index (χ3n) is 4.09. The van der Waals surface area contributed by atoms with Gasteiger partial charge < -0.3 is 10.4 Å². The lowest BCUT2D eigenvalue weighted by Gasteiger charge is -2.32. The summed E-state index contributed by atoms with van der Waals surface area (Å²) >= 11 is 0. The average Bonchev–Trinajstić information content (AvgIpc) is 2.52. The SMILES string of the molecule is CC(NC1=CC(C)(C)CC(=O)C1C(=O)C=Cc1ccccc1)C(=O)O. The summed E-state index contributed by atoms with van der Waals surface area (Å²) in [5.41, 5.74) is 0.813. The van der Waals surface area contributed by atoms with Gasteiger partial charge in [0.05, 0.1) is 0 Å². The van der Waals surface area contributed by atoms with Crippen LogP contribution in [0, 0.1) is 11.3 Å². The van der Waals surface area contributed by atoms with Gasteiger partial charge in [-0.2, -0.15) is 0 Å². The van der Waals surface area contributed by atoms with E-state index in [1.54, 1.807) is 12.2 Å². The summed E-state index contributed by atoms with van der Waals surface area (Å²) in [7, 11) is 0. The van der Waals surface area contributed by atoms with E-state index < -0.39 is 23.3 Å². The van der Waals surface area contributed by atoms with E-state index in [1.807, 2.05) is 44.2 Å². The minimum absolute atomic E-state index is 0.199. The predicted molar refractivity (Wildman–Crippen MR) is 95.7 cm³/mol. The molecule has 0 bridgehead atoms. The van der Waals surface area contributed by atoms with Crippen LogP contribution in [0.3, 0.4) is 0 Å². The molecule has 1 aliphatic carbocycles. The zero-order chi connectivity index (χ0) is 18.6. The number of Topliss-reactive ketones (excluding diaryl/α,β-unsaturated/α-hetero) is 1. The highest BCUT2D eigenvalue weighted by atomic mass is 16.4. The summed E-state index contributed by atoms with van der Waals surface area (Å²) in [5.74, 6) is -2.56. The molecule has 5 heteroatoms. The lowest BCUT2D eigenvalue weighted by Crippen LogP contribution is -2.43. The molecule has 1 aromatic carbocycles. The number of hydrogen-bond donors (Lipinski definition) is 2. The Morgan fingerprint density at radius 2 is 1.92 bits per heavy atom. The fourth-order valence-corrected chi connectivity index (χ4v) is 2.87. The van der Waals surface area contributed by atoms with Crippen LogP contribution in [0.5, 0.6) is 0 Å². The Morgan fingerprint density at radius 3 is 2.52 bits per heavy atom. The number of rotatable bonds is 6. The van der Waals surface area contributed by atoms with Crippen molar-refractivity contribution in [1.29, 1.82) is 0 Å². The van der Waals surface area contributed by atoms with Gasteiger partial charge >= 0.3 is 5.97 Å². The lowest BCUT2D eigenvalue weighted by atomic mass is 9.74. The van der Waals surface area contributed by atoms with Crippen LogP contribution >= 0.6 is 0 Å². The van der Waals surface area contributed by atoms with Crippen molar-refractivity contribution >= 4 is 23.6 Å². The van der Waals surface area contributed by atoms with Crippen molar-refractivity contribution in [3.8, 4) is 0 Å². The molecule has 25 heavy (non-hydrogen) atoms. The molecule has 0 saturated heterocycles. The molecule has 2 N–H and O–H groups in total. The van der Waals surface area contributed by atoms with Crippen molar-refractivity contribution in [3.05, 3.63) is 53.7 Å². The van der Waals surface area contributed by atoms with Crippen LogP contribution < -0.4 is 5.32 Å². The molecule has 1 aromatic rings. The van der Waals surface area contributed by atoms with Crippen LogP contribution in [0.2, 0.25) is 0 Å². The normalized spacial score (nSPS) is 20.8. The first-order valence-corrected chi connectivity index (χ1v) is 8.21. The van der Waals surface area contributed by atoms with Crippen molar-refractivity contribution in [1.82, 2.24) is 5.32 Å². The molecule has 0 radical (unpaired) electrons. The molecule has 2 atom stereocenters. The Balaban J connectivity index is 2.28. The summed E-state index contributed by atoms with van der Waals surface area (Å²) < 4.78 is 0. The minimum Gasteiger partial charge on any atom is -0.480 e. The number of benzene rings is 1. The fraction of sp³-hybridized carbons (Fsp3) is 0.350. The number of ketones is 2. The highest BCUT2D eigenvalue weighted by Crippen LogP contribution is 2.34. The monoisotopic (exact) mass is 341 g/mol. The van der Waals surface area contributed by atoms with Crippen LogP contribution in [0.4, 0.5) is 0 Å². The maximum Gasteiger partial charge on any atom is 0.325 e. The van der Waals surface area contributed by atoms with Gasteiger partial charge in [-0.25, -0.2) is 0 Å². The minimum atomic E-state index is -1.04. The molecule has 1 aliphatic rings. The summed E-state index contributed by atoms with van der Waals surface area (Å²) in [6.07, 6.45) is 5.09. The summed E-state index contributed by atoms with van der Waals surface area (Å²) in [6, 6.07) is 8.43. The van der Waals surface area contributed by atoms with Gasteiger partial charge in [0, 0.05) is 12.1 Å². The molecule has 5 nitrogen and oxygen atoms in total. The second-order valence-corrected chi connectivity index (χ2v) is 7.02.